The van der Waals surface area contributed by atoms with Crippen LogP contribution in [0.5, 0.6) is 0 Å². The van der Waals surface area contributed by atoms with E-state index >= 15 is 0 Å². The molecule has 34 heavy (non-hydrogen) atoms. The van der Waals surface area contributed by atoms with E-state index in [4.69, 9.17) is 17.7 Å². The molecule has 0 radical (unpaired) electrons. The Morgan fingerprint density at radius 3 is 2.15 bits per heavy atom. The average molecular weight is 648 g/mol. The van der Waals surface area contributed by atoms with Gasteiger partial charge in [-0.05, 0) is 51.5 Å². The summed E-state index contributed by atoms with van der Waals surface area (Å²) >= 11 is 2.26. The third kappa shape index (κ3) is 14.8. The highest BCUT2D eigenvalue weighted by atomic mass is 127. The SMILES string of the molecule is C[N+]1(CC(=O)OC/C=C\[Si](C)(O[Si](C)(C)C)O[Si](C)(C)C)CCN(CC(O)COCCI)CC1. The fourth-order valence-electron chi connectivity index (χ4n) is 4.02. The number of piperazine rings is 1. The molecule has 1 rings (SSSR count). The van der Waals surface area contributed by atoms with E-state index in [9.17, 15) is 9.90 Å². The van der Waals surface area contributed by atoms with Gasteiger partial charge >= 0.3 is 14.5 Å². The minimum Gasteiger partial charge on any atom is -0.457 e. The summed E-state index contributed by atoms with van der Waals surface area (Å²) in [6, 6.07) is 0. The number of quaternary nitrogens is 1. The fourth-order valence-corrected chi connectivity index (χ4v) is 15.7. The lowest BCUT2D eigenvalue weighted by molar-refractivity contribution is -0.906. The van der Waals surface area contributed by atoms with Crippen LogP contribution in [0.25, 0.3) is 0 Å². The van der Waals surface area contributed by atoms with Crippen LogP contribution in [0, 0.1) is 0 Å². The van der Waals surface area contributed by atoms with Gasteiger partial charge in [0.25, 0.3) is 0 Å². The van der Waals surface area contributed by atoms with Gasteiger partial charge in [-0.2, -0.15) is 0 Å². The Balaban J connectivity index is 2.47. The lowest BCUT2D eigenvalue weighted by Crippen LogP contribution is -2.60. The van der Waals surface area contributed by atoms with Gasteiger partial charge in [0.05, 0.1) is 39.5 Å². The molecule has 1 unspecified atom stereocenters. The van der Waals surface area contributed by atoms with Gasteiger partial charge in [0.15, 0.2) is 23.2 Å². The second-order valence-corrected chi connectivity index (χ2v) is 25.0. The van der Waals surface area contributed by atoms with Crippen LogP contribution in [0.2, 0.25) is 45.8 Å². The molecule has 1 N–H and O–H groups in total. The maximum absolute atomic E-state index is 12.5. The number of carbonyl (C=O) groups excluding carboxylic acids is 1. The number of hydrogen-bond donors (Lipinski definition) is 1. The van der Waals surface area contributed by atoms with Crippen LogP contribution >= 0.6 is 22.6 Å². The van der Waals surface area contributed by atoms with Crippen LogP contribution in [0.4, 0.5) is 0 Å². The summed E-state index contributed by atoms with van der Waals surface area (Å²) in [5, 5.41) is 10.1. The topological polar surface area (TPSA) is 77.5 Å². The molecule has 0 aromatic rings. The summed E-state index contributed by atoms with van der Waals surface area (Å²) < 4.78 is 25.4. The number of rotatable bonds is 15. The Bertz CT molecular complexity index is 634. The van der Waals surface area contributed by atoms with Crippen molar-refractivity contribution in [3.8, 4) is 0 Å². The van der Waals surface area contributed by atoms with Crippen LogP contribution in [-0.2, 0) is 22.5 Å². The first-order chi connectivity index (χ1) is 15.5. The minimum absolute atomic E-state index is 0.187. The Morgan fingerprint density at radius 2 is 1.65 bits per heavy atom. The average Bonchev–Trinajstić information content (AvgIpc) is 2.64. The van der Waals surface area contributed by atoms with Gasteiger partial charge < -0.3 is 27.3 Å². The molecule has 1 atom stereocenters. The highest BCUT2D eigenvalue weighted by Crippen LogP contribution is 2.21. The molecule has 0 spiro atoms. The van der Waals surface area contributed by atoms with Crippen molar-refractivity contribution in [2.45, 2.75) is 51.9 Å². The number of alkyl halides is 1. The van der Waals surface area contributed by atoms with E-state index in [0.717, 1.165) is 30.6 Å². The summed E-state index contributed by atoms with van der Waals surface area (Å²) in [5.74, 6) is -0.187. The molecule has 1 saturated heterocycles. The van der Waals surface area contributed by atoms with E-state index in [1.165, 1.54) is 0 Å². The number of halogens is 1. The molecule has 1 heterocycles. The Kier molecular flexibility index (Phi) is 13.6. The highest BCUT2D eigenvalue weighted by molar-refractivity contribution is 14.1. The van der Waals surface area contributed by atoms with E-state index in [2.05, 4.69) is 80.4 Å². The molecular formula is C22H48IN2O6Si3+. The van der Waals surface area contributed by atoms with Crippen molar-refractivity contribution in [1.82, 2.24) is 4.90 Å². The number of esters is 1. The molecule has 1 fully saturated rings. The maximum Gasteiger partial charge on any atom is 0.362 e. The van der Waals surface area contributed by atoms with E-state index < -0.39 is 31.3 Å². The van der Waals surface area contributed by atoms with Crippen molar-refractivity contribution >= 4 is 53.8 Å². The molecule has 0 aromatic carbocycles. The standard InChI is InChI=1S/C22H48IN2O6Si3/c1-25(13-11-24(12-14-25)18-21(26)20-28-16-10-23)19-22(27)29-15-9-17-34(8,30-32(2,3)4)31-33(5,6)7/h9,17,21,26H,10-16,18-20H2,1-8H3/q+1/b17-9-. The molecule has 1 aliphatic rings. The first kappa shape index (κ1) is 32.4. The van der Waals surface area contributed by atoms with Gasteiger partial charge in [-0.15, -0.1) is 0 Å². The zero-order valence-electron chi connectivity index (χ0n) is 22.6. The van der Waals surface area contributed by atoms with E-state index in [1.54, 1.807) is 0 Å². The maximum atomic E-state index is 12.5. The number of β-amino-alcohol motifs (C(OH)–C–C–N with tert-alkyl or cyclic N) is 1. The van der Waals surface area contributed by atoms with Crippen molar-refractivity contribution < 1.29 is 32.1 Å². The number of hydrogen-bond acceptors (Lipinski definition) is 7. The predicted molar refractivity (Wildman–Crippen MR) is 154 cm³/mol. The quantitative estimate of drug-likeness (QED) is 0.0732. The molecule has 12 heteroatoms. The smallest absolute Gasteiger partial charge is 0.362 e. The monoisotopic (exact) mass is 647 g/mol. The van der Waals surface area contributed by atoms with Crippen molar-refractivity contribution in [2.24, 2.45) is 0 Å². The van der Waals surface area contributed by atoms with Gasteiger partial charge in [0, 0.05) is 24.1 Å². The van der Waals surface area contributed by atoms with Gasteiger partial charge in [-0.25, -0.2) is 4.79 Å². The van der Waals surface area contributed by atoms with Crippen molar-refractivity contribution in [2.75, 3.05) is 70.6 Å². The predicted octanol–water partition coefficient (Wildman–Crippen LogP) is 2.97. The number of aliphatic hydroxyl groups excluding tert-OH is 1. The number of ether oxygens (including phenoxy) is 2. The van der Waals surface area contributed by atoms with Gasteiger partial charge in [0.1, 0.15) is 6.61 Å². The first-order valence-corrected chi connectivity index (χ1v) is 22.9. The first-order valence-electron chi connectivity index (χ1n) is 12.2. The van der Waals surface area contributed by atoms with E-state index in [0.29, 0.717) is 30.8 Å². The molecule has 0 saturated carbocycles. The number of likely N-dealkylation sites (N-methyl/N-ethyl adjacent to an activating group) is 1. The summed E-state index contributed by atoms with van der Waals surface area (Å²) in [6.45, 7) is 20.8. The van der Waals surface area contributed by atoms with Gasteiger partial charge in [-0.1, -0.05) is 28.7 Å². The zero-order valence-corrected chi connectivity index (χ0v) is 27.7. The van der Waals surface area contributed by atoms with Crippen molar-refractivity contribution in [1.29, 1.82) is 0 Å². The molecule has 0 aromatic heterocycles. The Labute approximate surface area is 224 Å². The molecule has 8 nitrogen and oxygen atoms in total. The van der Waals surface area contributed by atoms with Crippen molar-refractivity contribution in [3.05, 3.63) is 11.8 Å². The lowest BCUT2D eigenvalue weighted by Gasteiger charge is -2.41. The second-order valence-electron chi connectivity index (χ2n) is 11.5. The third-order valence-electron chi connectivity index (χ3n) is 5.20. The van der Waals surface area contributed by atoms with Crippen LogP contribution in [0.1, 0.15) is 0 Å². The van der Waals surface area contributed by atoms with Crippen LogP contribution in [0.3, 0.4) is 0 Å². The molecular weight excluding hydrogens is 599 g/mol. The molecule has 0 aliphatic carbocycles. The summed E-state index contributed by atoms with van der Waals surface area (Å²) in [6.07, 6.45) is 1.42. The molecule has 200 valence electrons. The largest absolute Gasteiger partial charge is 0.457 e. The Hall–Kier alpha value is 0.351. The van der Waals surface area contributed by atoms with Crippen LogP contribution in [-0.4, -0.2) is 122 Å². The molecule has 0 bridgehead atoms. The summed E-state index contributed by atoms with van der Waals surface area (Å²) in [4.78, 5) is 14.8. The molecule has 1 aliphatic heterocycles. The third-order valence-corrected chi connectivity index (χ3v) is 14.6. The normalized spacial score (nSPS) is 18.9. The number of aliphatic hydroxyl groups is 1. The van der Waals surface area contributed by atoms with Gasteiger partial charge in [-0.3, -0.25) is 4.90 Å². The van der Waals surface area contributed by atoms with E-state index in [-0.39, 0.29) is 12.6 Å². The van der Waals surface area contributed by atoms with Crippen LogP contribution < -0.4 is 0 Å². The minimum atomic E-state index is -2.47. The van der Waals surface area contributed by atoms with Crippen molar-refractivity contribution in [3.63, 3.8) is 0 Å². The summed E-state index contributed by atoms with van der Waals surface area (Å²) in [5.41, 5.74) is 2.03. The number of nitrogens with zero attached hydrogens (tertiary/aromatic N) is 2. The lowest BCUT2D eigenvalue weighted by atomic mass is 10.2. The van der Waals surface area contributed by atoms with E-state index in [1.807, 2.05) is 11.8 Å². The molecule has 0 amide bonds. The van der Waals surface area contributed by atoms with Crippen LogP contribution in [0.15, 0.2) is 11.8 Å². The van der Waals surface area contributed by atoms with Gasteiger partial charge in [0.2, 0.25) is 0 Å². The fraction of sp³-hybridized carbons (Fsp3) is 0.864. The zero-order chi connectivity index (χ0) is 26.0. The highest BCUT2D eigenvalue weighted by Gasteiger charge is 2.38. The Morgan fingerprint density at radius 1 is 1.09 bits per heavy atom. The summed E-state index contributed by atoms with van der Waals surface area (Å²) in [7, 11) is -3.91. The number of carbonyl (C=O) groups is 1. The second kappa shape index (κ2) is 14.3.